The Bertz CT molecular complexity index is 267. The maximum Gasteiger partial charge on any atom is 0.237 e. The highest BCUT2D eigenvalue weighted by Crippen LogP contribution is 2.26. The molecule has 1 heterocycles. The molecule has 0 spiro atoms. The summed E-state index contributed by atoms with van der Waals surface area (Å²) in [6.07, 6.45) is 9.42. The van der Waals surface area contributed by atoms with Gasteiger partial charge in [-0.05, 0) is 32.2 Å². The topological polar surface area (TPSA) is 61.4 Å². The molecule has 104 valence electrons. The van der Waals surface area contributed by atoms with Gasteiger partial charge in [0.15, 0.2) is 0 Å². The summed E-state index contributed by atoms with van der Waals surface area (Å²) in [5.41, 5.74) is -0.666. The van der Waals surface area contributed by atoms with Crippen molar-refractivity contribution in [1.82, 2.24) is 10.6 Å². The van der Waals surface area contributed by atoms with Crippen LogP contribution in [-0.2, 0) is 4.79 Å². The normalized spacial score (nSPS) is 28.4. The molecular formula is C14H26N2O2. The van der Waals surface area contributed by atoms with Crippen LogP contribution in [0, 0.1) is 0 Å². The van der Waals surface area contributed by atoms with Gasteiger partial charge in [0, 0.05) is 6.54 Å². The first kappa shape index (κ1) is 13.8. The number of hydrogen-bond acceptors (Lipinski definition) is 3. The molecule has 1 aliphatic carbocycles. The number of amides is 1. The van der Waals surface area contributed by atoms with Crippen LogP contribution in [0.5, 0.6) is 0 Å². The Kier molecular flexibility index (Phi) is 5.01. The molecule has 18 heavy (non-hydrogen) atoms. The van der Waals surface area contributed by atoms with E-state index in [0.717, 1.165) is 51.5 Å². The number of rotatable bonds is 3. The average molecular weight is 254 g/mol. The first-order chi connectivity index (χ1) is 8.70. The minimum atomic E-state index is -0.666. The van der Waals surface area contributed by atoms with Gasteiger partial charge >= 0.3 is 0 Å². The van der Waals surface area contributed by atoms with E-state index in [2.05, 4.69) is 10.6 Å². The fourth-order valence-corrected chi connectivity index (χ4v) is 3.01. The van der Waals surface area contributed by atoms with Crippen molar-refractivity contribution in [3.8, 4) is 0 Å². The van der Waals surface area contributed by atoms with Crippen LogP contribution in [0.25, 0.3) is 0 Å². The van der Waals surface area contributed by atoms with Crippen LogP contribution in [0.1, 0.15) is 57.8 Å². The molecule has 1 atom stereocenters. The van der Waals surface area contributed by atoms with Crippen molar-refractivity contribution in [3.05, 3.63) is 0 Å². The molecule has 1 amide bonds. The number of aliphatic hydroxyl groups is 1. The van der Waals surface area contributed by atoms with Gasteiger partial charge in [-0.25, -0.2) is 0 Å². The summed E-state index contributed by atoms with van der Waals surface area (Å²) in [5, 5.41) is 16.6. The Morgan fingerprint density at radius 1 is 1.17 bits per heavy atom. The van der Waals surface area contributed by atoms with Crippen LogP contribution in [-0.4, -0.2) is 35.7 Å². The molecule has 0 aromatic heterocycles. The number of hydrogen-bond donors (Lipinski definition) is 3. The van der Waals surface area contributed by atoms with Crippen molar-refractivity contribution in [1.29, 1.82) is 0 Å². The van der Waals surface area contributed by atoms with Crippen molar-refractivity contribution in [2.24, 2.45) is 0 Å². The fourth-order valence-electron chi connectivity index (χ4n) is 3.01. The van der Waals surface area contributed by atoms with Crippen molar-refractivity contribution >= 4 is 5.91 Å². The standard InChI is InChI=1S/C14H26N2O2/c17-13(12-7-3-6-10-15-12)16-11-14(18)8-4-1-2-5-9-14/h12,15,18H,1-11H2,(H,16,17). The number of carbonyl (C=O) groups is 1. The monoisotopic (exact) mass is 254 g/mol. The first-order valence-electron chi connectivity index (χ1n) is 7.43. The number of carbonyl (C=O) groups excluding carboxylic acids is 1. The highest BCUT2D eigenvalue weighted by molar-refractivity contribution is 5.81. The molecule has 1 unspecified atom stereocenters. The Morgan fingerprint density at radius 3 is 2.50 bits per heavy atom. The van der Waals surface area contributed by atoms with Gasteiger partial charge in [-0.15, -0.1) is 0 Å². The highest BCUT2D eigenvalue weighted by Gasteiger charge is 2.29. The van der Waals surface area contributed by atoms with Crippen LogP contribution in [0.15, 0.2) is 0 Å². The molecule has 0 aromatic rings. The van der Waals surface area contributed by atoms with E-state index in [0.29, 0.717) is 6.54 Å². The third-order valence-corrected chi connectivity index (χ3v) is 4.25. The second kappa shape index (κ2) is 6.53. The average Bonchev–Trinajstić information content (AvgIpc) is 2.62. The SMILES string of the molecule is O=C(NCC1(O)CCCCCC1)C1CCCCN1. The summed E-state index contributed by atoms with van der Waals surface area (Å²) in [6.45, 7) is 1.35. The quantitative estimate of drug-likeness (QED) is 0.666. The van der Waals surface area contributed by atoms with Gasteiger partial charge in [-0.2, -0.15) is 0 Å². The minimum Gasteiger partial charge on any atom is -0.388 e. The lowest BCUT2D eigenvalue weighted by Crippen LogP contribution is -2.51. The van der Waals surface area contributed by atoms with Gasteiger partial charge in [0.05, 0.1) is 11.6 Å². The molecular weight excluding hydrogens is 228 g/mol. The number of nitrogens with one attached hydrogen (secondary N) is 2. The third kappa shape index (κ3) is 3.95. The lowest BCUT2D eigenvalue weighted by atomic mass is 9.94. The van der Waals surface area contributed by atoms with E-state index in [1.807, 2.05) is 0 Å². The van der Waals surface area contributed by atoms with E-state index in [9.17, 15) is 9.90 Å². The molecule has 2 fully saturated rings. The lowest BCUT2D eigenvalue weighted by Gasteiger charge is -2.29. The molecule has 2 aliphatic rings. The van der Waals surface area contributed by atoms with Crippen molar-refractivity contribution in [3.63, 3.8) is 0 Å². The maximum absolute atomic E-state index is 12.0. The maximum atomic E-state index is 12.0. The Morgan fingerprint density at radius 2 is 1.89 bits per heavy atom. The molecule has 0 radical (unpaired) electrons. The second-order valence-corrected chi connectivity index (χ2v) is 5.86. The van der Waals surface area contributed by atoms with Crippen molar-refractivity contribution in [2.45, 2.75) is 69.4 Å². The van der Waals surface area contributed by atoms with Crippen LogP contribution in [0.3, 0.4) is 0 Å². The van der Waals surface area contributed by atoms with Crippen LogP contribution >= 0.6 is 0 Å². The predicted octanol–water partition coefficient (Wildman–Crippen LogP) is 1.33. The molecule has 0 aromatic carbocycles. The van der Waals surface area contributed by atoms with E-state index < -0.39 is 5.60 Å². The van der Waals surface area contributed by atoms with Gasteiger partial charge in [-0.1, -0.05) is 32.1 Å². The van der Waals surface area contributed by atoms with Crippen molar-refractivity contribution in [2.75, 3.05) is 13.1 Å². The summed E-state index contributed by atoms with van der Waals surface area (Å²) in [7, 11) is 0. The largest absolute Gasteiger partial charge is 0.388 e. The van der Waals surface area contributed by atoms with Gasteiger partial charge in [0.2, 0.25) is 5.91 Å². The zero-order chi connectivity index (χ0) is 12.8. The van der Waals surface area contributed by atoms with Gasteiger partial charge in [0.1, 0.15) is 0 Å². The lowest BCUT2D eigenvalue weighted by molar-refractivity contribution is -0.125. The predicted molar refractivity (Wildman–Crippen MR) is 71.3 cm³/mol. The van der Waals surface area contributed by atoms with E-state index >= 15 is 0 Å². The summed E-state index contributed by atoms with van der Waals surface area (Å²) in [5.74, 6) is 0.0624. The van der Waals surface area contributed by atoms with Gasteiger partial charge in [0.25, 0.3) is 0 Å². The highest BCUT2D eigenvalue weighted by atomic mass is 16.3. The minimum absolute atomic E-state index is 0.0480. The summed E-state index contributed by atoms with van der Waals surface area (Å²) >= 11 is 0. The molecule has 4 heteroatoms. The van der Waals surface area contributed by atoms with E-state index in [1.54, 1.807) is 0 Å². The van der Waals surface area contributed by atoms with E-state index in [4.69, 9.17) is 0 Å². The molecule has 3 N–H and O–H groups in total. The summed E-state index contributed by atoms with van der Waals surface area (Å²) in [6, 6.07) is -0.0480. The Hall–Kier alpha value is -0.610. The molecule has 1 aliphatic heterocycles. The Labute approximate surface area is 110 Å². The van der Waals surface area contributed by atoms with E-state index in [1.165, 1.54) is 12.8 Å². The molecule has 0 bridgehead atoms. The first-order valence-corrected chi connectivity index (χ1v) is 7.43. The summed E-state index contributed by atoms with van der Waals surface area (Å²) in [4.78, 5) is 12.0. The smallest absolute Gasteiger partial charge is 0.237 e. The van der Waals surface area contributed by atoms with Crippen molar-refractivity contribution < 1.29 is 9.90 Å². The molecule has 2 rings (SSSR count). The number of piperidine rings is 1. The van der Waals surface area contributed by atoms with Gasteiger partial charge < -0.3 is 15.7 Å². The molecule has 1 saturated carbocycles. The zero-order valence-electron chi connectivity index (χ0n) is 11.2. The van der Waals surface area contributed by atoms with Gasteiger partial charge in [-0.3, -0.25) is 4.79 Å². The Balaban J connectivity index is 1.76. The molecule has 4 nitrogen and oxygen atoms in total. The second-order valence-electron chi connectivity index (χ2n) is 5.86. The van der Waals surface area contributed by atoms with Crippen LogP contribution in [0.2, 0.25) is 0 Å². The fraction of sp³-hybridized carbons (Fsp3) is 0.929. The van der Waals surface area contributed by atoms with E-state index in [-0.39, 0.29) is 11.9 Å². The molecule has 1 saturated heterocycles. The van der Waals surface area contributed by atoms with Crippen LogP contribution < -0.4 is 10.6 Å². The third-order valence-electron chi connectivity index (χ3n) is 4.25. The summed E-state index contributed by atoms with van der Waals surface area (Å²) < 4.78 is 0. The van der Waals surface area contributed by atoms with Crippen LogP contribution in [0.4, 0.5) is 0 Å². The zero-order valence-corrected chi connectivity index (χ0v) is 11.2.